The summed E-state index contributed by atoms with van der Waals surface area (Å²) >= 11 is 0. The van der Waals surface area contributed by atoms with E-state index in [0.717, 1.165) is 17.8 Å². The largest absolute Gasteiger partial charge is 0.481 e. The van der Waals surface area contributed by atoms with E-state index in [1.54, 1.807) is 0 Å². The number of carboxylic acids is 1. The van der Waals surface area contributed by atoms with Gasteiger partial charge in [0.05, 0.1) is 17.4 Å². The molecule has 2 fully saturated rings. The van der Waals surface area contributed by atoms with E-state index >= 15 is 0 Å². The molecule has 0 aliphatic heterocycles. The van der Waals surface area contributed by atoms with Crippen molar-refractivity contribution in [1.82, 2.24) is 0 Å². The van der Waals surface area contributed by atoms with Crippen LogP contribution in [0.4, 0.5) is 13.2 Å². The predicted molar refractivity (Wildman–Crippen MR) is 100 cm³/mol. The van der Waals surface area contributed by atoms with Crippen LogP contribution in [0.15, 0.2) is 29.4 Å². The molecule has 0 aromatic heterocycles. The normalized spacial score (nSPS) is 27.6. The third-order valence-electron chi connectivity index (χ3n) is 5.49. The molecule has 1 aromatic rings. The van der Waals surface area contributed by atoms with Crippen LogP contribution in [-0.2, 0) is 15.8 Å². The number of alkyl halides is 3. The molecule has 0 radical (unpaired) electrons. The summed E-state index contributed by atoms with van der Waals surface area (Å²) in [6, 6.07) is 4.37. The first-order chi connectivity index (χ1) is 14.2. The summed E-state index contributed by atoms with van der Waals surface area (Å²) in [6.07, 6.45) is -5.17. The molecule has 9 heteroatoms. The van der Waals surface area contributed by atoms with Crippen LogP contribution in [0.3, 0.4) is 0 Å². The molecule has 162 valence electrons. The third kappa shape index (κ3) is 5.12. The van der Waals surface area contributed by atoms with Gasteiger partial charge in [0.1, 0.15) is 12.7 Å². The minimum Gasteiger partial charge on any atom is -0.481 e. The molecule has 2 aliphatic rings. The van der Waals surface area contributed by atoms with E-state index in [9.17, 15) is 28.2 Å². The zero-order valence-corrected chi connectivity index (χ0v) is 16.0. The van der Waals surface area contributed by atoms with E-state index < -0.39 is 35.8 Å². The fourth-order valence-electron chi connectivity index (χ4n) is 3.82. The van der Waals surface area contributed by atoms with Gasteiger partial charge in [-0.25, -0.2) is 0 Å². The number of benzene rings is 1. The molecule has 30 heavy (non-hydrogen) atoms. The van der Waals surface area contributed by atoms with E-state index in [1.165, 1.54) is 12.1 Å². The Morgan fingerprint density at radius 2 is 2.13 bits per heavy atom. The number of carbonyl (C=O) groups is 1. The lowest BCUT2D eigenvalue weighted by Gasteiger charge is -2.33. The van der Waals surface area contributed by atoms with Crippen molar-refractivity contribution >= 4 is 11.7 Å². The van der Waals surface area contributed by atoms with Gasteiger partial charge >= 0.3 is 12.1 Å². The minimum absolute atomic E-state index is 0.00148. The summed E-state index contributed by atoms with van der Waals surface area (Å²) in [5, 5.41) is 33.2. The summed E-state index contributed by atoms with van der Waals surface area (Å²) in [4.78, 5) is 15.6. The van der Waals surface area contributed by atoms with Crippen molar-refractivity contribution in [1.29, 1.82) is 0 Å². The van der Waals surface area contributed by atoms with Gasteiger partial charge in [-0.05, 0) is 42.9 Å². The Bertz CT molecular complexity index is 873. The van der Waals surface area contributed by atoms with E-state index in [1.807, 2.05) is 0 Å². The monoisotopic (exact) mass is 425 g/mol. The van der Waals surface area contributed by atoms with Gasteiger partial charge in [0.25, 0.3) is 0 Å². The topological polar surface area (TPSA) is 99.4 Å². The molecule has 0 spiro atoms. The number of fused-ring (bicyclic) bond motifs is 1. The maximum absolute atomic E-state index is 12.8. The summed E-state index contributed by atoms with van der Waals surface area (Å²) in [5.74, 6) is 4.03. The summed E-state index contributed by atoms with van der Waals surface area (Å²) < 4.78 is 38.4. The molecule has 0 saturated heterocycles. The standard InChI is InChI=1S/C21H22F3NO5/c22-21(23,24)14-4-1-3-12(9-14)18(26)7-6-13-10-15-16(20(13)29)11-17(15)25-30-8-2-5-19(27)28/h1,3-4,9,13,15-16,18,20,26,29H,2,5,8,10-11H2,(H,27,28). The Labute approximate surface area is 171 Å². The maximum atomic E-state index is 12.8. The molecule has 0 bridgehead atoms. The van der Waals surface area contributed by atoms with Crippen LogP contribution in [0.2, 0.25) is 0 Å². The van der Waals surface area contributed by atoms with Crippen LogP contribution in [0.5, 0.6) is 0 Å². The fourth-order valence-corrected chi connectivity index (χ4v) is 3.82. The minimum atomic E-state index is -4.50. The SMILES string of the molecule is O=C(O)CCCON=C1CC2C1CC(C#CC(O)c1cccc(C(F)(F)F)c1)C2O. The molecule has 1 aromatic carbocycles. The molecular formula is C21H22F3NO5. The van der Waals surface area contributed by atoms with Crippen molar-refractivity contribution in [2.75, 3.05) is 6.61 Å². The number of nitrogens with zero attached hydrogens (tertiary/aromatic N) is 1. The molecule has 3 rings (SSSR count). The van der Waals surface area contributed by atoms with Crippen LogP contribution >= 0.6 is 0 Å². The van der Waals surface area contributed by atoms with Gasteiger partial charge in [-0.2, -0.15) is 13.2 Å². The molecule has 0 amide bonds. The number of oxime groups is 1. The number of hydrogen-bond donors (Lipinski definition) is 3. The Morgan fingerprint density at radius 1 is 1.37 bits per heavy atom. The molecular weight excluding hydrogens is 403 g/mol. The lowest BCUT2D eigenvalue weighted by atomic mass is 9.73. The quantitative estimate of drug-likeness (QED) is 0.370. The van der Waals surface area contributed by atoms with Crippen molar-refractivity contribution in [3.05, 3.63) is 35.4 Å². The molecule has 2 saturated carbocycles. The predicted octanol–water partition coefficient (Wildman–Crippen LogP) is 3.00. The number of rotatable bonds is 6. The smallest absolute Gasteiger partial charge is 0.416 e. The Hall–Kier alpha value is -2.57. The average molecular weight is 425 g/mol. The number of aliphatic carboxylic acids is 1. The summed E-state index contributed by atoms with van der Waals surface area (Å²) in [5.41, 5.74) is -0.0223. The Morgan fingerprint density at radius 3 is 2.83 bits per heavy atom. The zero-order valence-electron chi connectivity index (χ0n) is 16.0. The van der Waals surface area contributed by atoms with Crippen molar-refractivity contribution in [3.8, 4) is 11.8 Å². The number of halogens is 3. The average Bonchev–Trinajstić information content (AvgIpc) is 2.92. The van der Waals surface area contributed by atoms with Crippen LogP contribution in [0.1, 0.15) is 42.9 Å². The van der Waals surface area contributed by atoms with Crippen molar-refractivity contribution < 1.29 is 38.1 Å². The molecule has 0 heterocycles. The first-order valence-corrected chi connectivity index (χ1v) is 9.61. The highest BCUT2D eigenvalue weighted by Gasteiger charge is 2.51. The van der Waals surface area contributed by atoms with Gasteiger partial charge < -0.3 is 20.2 Å². The lowest BCUT2D eigenvalue weighted by Crippen LogP contribution is -2.38. The zero-order chi connectivity index (χ0) is 21.9. The second-order valence-electron chi connectivity index (χ2n) is 7.53. The molecule has 2 aliphatic carbocycles. The van der Waals surface area contributed by atoms with Crippen molar-refractivity contribution in [2.24, 2.45) is 22.9 Å². The van der Waals surface area contributed by atoms with Crippen molar-refractivity contribution in [3.63, 3.8) is 0 Å². The van der Waals surface area contributed by atoms with Gasteiger partial charge in [-0.15, -0.1) is 0 Å². The first kappa shape index (κ1) is 22.1. The summed E-state index contributed by atoms with van der Waals surface area (Å²) in [7, 11) is 0. The van der Waals surface area contributed by atoms with E-state index in [2.05, 4.69) is 17.0 Å². The number of aliphatic hydroxyl groups is 2. The third-order valence-corrected chi connectivity index (χ3v) is 5.49. The first-order valence-electron chi connectivity index (χ1n) is 9.61. The van der Waals surface area contributed by atoms with Gasteiger partial charge in [0.15, 0.2) is 0 Å². The summed E-state index contributed by atoms with van der Waals surface area (Å²) in [6.45, 7) is 0.197. The van der Waals surface area contributed by atoms with Crippen molar-refractivity contribution in [2.45, 2.75) is 44.1 Å². The number of carboxylic acid groups (broad SMARTS) is 1. The number of aliphatic hydroxyl groups excluding tert-OH is 2. The van der Waals surface area contributed by atoms with Gasteiger partial charge in [0, 0.05) is 18.3 Å². The second-order valence-corrected chi connectivity index (χ2v) is 7.53. The molecule has 6 nitrogen and oxygen atoms in total. The Balaban J connectivity index is 1.57. The lowest BCUT2D eigenvalue weighted by molar-refractivity contribution is -0.138. The number of hydrogen-bond acceptors (Lipinski definition) is 5. The maximum Gasteiger partial charge on any atom is 0.416 e. The highest BCUT2D eigenvalue weighted by atomic mass is 19.4. The van der Waals surface area contributed by atoms with E-state index in [-0.39, 0.29) is 30.4 Å². The van der Waals surface area contributed by atoms with Crippen LogP contribution in [0, 0.1) is 29.6 Å². The second kappa shape index (κ2) is 9.06. The Kier molecular flexibility index (Phi) is 6.68. The highest BCUT2D eigenvalue weighted by molar-refractivity contribution is 5.93. The van der Waals surface area contributed by atoms with Gasteiger partial charge in [-0.3, -0.25) is 4.79 Å². The van der Waals surface area contributed by atoms with Gasteiger partial charge in [-0.1, -0.05) is 29.1 Å². The van der Waals surface area contributed by atoms with Crippen LogP contribution in [0.25, 0.3) is 0 Å². The van der Waals surface area contributed by atoms with Crippen LogP contribution in [-0.4, -0.2) is 39.7 Å². The van der Waals surface area contributed by atoms with Gasteiger partial charge in [0.2, 0.25) is 0 Å². The van der Waals surface area contributed by atoms with Crippen LogP contribution < -0.4 is 0 Å². The van der Waals surface area contributed by atoms with E-state index in [0.29, 0.717) is 19.3 Å². The fraction of sp³-hybridized carbons (Fsp3) is 0.524. The van der Waals surface area contributed by atoms with E-state index in [4.69, 9.17) is 9.94 Å². The molecule has 5 atom stereocenters. The molecule has 3 N–H and O–H groups in total. The highest BCUT2D eigenvalue weighted by Crippen LogP contribution is 2.48. The molecule has 5 unspecified atom stereocenters.